The third-order valence-corrected chi connectivity index (χ3v) is 3.30. The van der Waals surface area contributed by atoms with E-state index < -0.39 is 18.2 Å². The van der Waals surface area contributed by atoms with Crippen LogP contribution in [0.3, 0.4) is 0 Å². The Morgan fingerprint density at radius 2 is 1.40 bits per heavy atom. The number of aliphatic hydroxyl groups excluding tert-OH is 2. The predicted octanol–water partition coefficient (Wildman–Crippen LogP) is 3.27. The van der Waals surface area contributed by atoms with Crippen LogP contribution in [0.15, 0.2) is 12.2 Å². The molecule has 0 aliphatic heterocycles. The Labute approximate surface area is 122 Å². The summed E-state index contributed by atoms with van der Waals surface area (Å²) >= 11 is 0. The predicted molar refractivity (Wildman–Crippen MR) is 80.6 cm³/mol. The van der Waals surface area contributed by atoms with Crippen LogP contribution in [0.4, 0.5) is 0 Å². The molecule has 0 unspecified atom stereocenters. The summed E-state index contributed by atoms with van der Waals surface area (Å²) in [6, 6.07) is 0. The molecule has 0 amide bonds. The average Bonchev–Trinajstić information content (AvgIpc) is 2.40. The number of carboxylic acids is 1. The van der Waals surface area contributed by atoms with Crippen molar-refractivity contribution < 1.29 is 20.1 Å². The van der Waals surface area contributed by atoms with E-state index in [1.807, 2.05) is 0 Å². The molecule has 0 aliphatic carbocycles. The first-order valence-electron chi connectivity index (χ1n) is 7.82. The van der Waals surface area contributed by atoms with Crippen molar-refractivity contribution in [1.82, 2.24) is 0 Å². The molecule has 0 heterocycles. The standard InChI is InChI=1S/C16H30O4/c1-2-3-6-9-14(17)12-13-15(18)10-7-4-5-8-11-16(19)20/h12-15,17-18H,2-11H2,1H3,(H,19,20)/b13-12+/t14-,15+/m0/s1. The molecule has 4 heteroatoms. The molecule has 0 saturated carbocycles. The van der Waals surface area contributed by atoms with Gasteiger partial charge in [0, 0.05) is 6.42 Å². The average molecular weight is 286 g/mol. The highest BCUT2D eigenvalue weighted by molar-refractivity contribution is 5.66. The fourth-order valence-electron chi connectivity index (χ4n) is 2.04. The monoisotopic (exact) mass is 286 g/mol. The van der Waals surface area contributed by atoms with Gasteiger partial charge in [-0.05, 0) is 19.3 Å². The zero-order valence-corrected chi connectivity index (χ0v) is 12.6. The lowest BCUT2D eigenvalue weighted by atomic mass is 10.1. The molecule has 118 valence electrons. The quantitative estimate of drug-likeness (QED) is 0.359. The molecule has 0 saturated heterocycles. The molecule has 0 spiro atoms. The van der Waals surface area contributed by atoms with E-state index in [1.54, 1.807) is 12.2 Å². The summed E-state index contributed by atoms with van der Waals surface area (Å²) in [6.07, 6.45) is 10.8. The lowest BCUT2D eigenvalue weighted by Crippen LogP contribution is -2.06. The Morgan fingerprint density at radius 3 is 1.90 bits per heavy atom. The second-order valence-electron chi connectivity index (χ2n) is 5.36. The largest absolute Gasteiger partial charge is 0.481 e. The number of unbranched alkanes of at least 4 members (excludes halogenated alkanes) is 5. The summed E-state index contributed by atoms with van der Waals surface area (Å²) in [5, 5.41) is 27.9. The first kappa shape index (κ1) is 19.1. The van der Waals surface area contributed by atoms with Crippen LogP contribution >= 0.6 is 0 Å². The summed E-state index contributed by atoms with van der Waals surface area (Å²) < 4.78 is 0. The Morgan fingerprint density at radius 1 is 0.900 bits per heavy atom. The maximum atomic E-state index is 10.3. The van der Waals surface area contributed by atoms with Gasteiger partial charge in [0.05, 0.1) is 12.2 Å². The second kappa shape index (κ2) is 13.1. The lowest BCUT2D eigenvalue weighted by Gasteiger charge is -2.08. The van der Waals surface area contributed by atoms with E-state index in [2.05, 4.69) is 6.92 Å². The molecule has 0 radical (unpaired) electrons. The zero-order chi connectivity index (χ0) is 15.2. The van der Waals surface area contributed by atoms with Crippen molar-refractivity contribution in [2.45, 2.75) is 83.3 Å². The van der Waals surface area contributed by atoms with Gasteiger partial charge < -0.3 is 15.3 Å². The van der Waals surface area contributed by atoms with E-state index in [4.69, 9.17) is 5.11 Å². The van der Waals surface area contributed by atoms with Gasteiger partial charge in [-0.15, -0.1) is 0 Å². The van der Waals surface area contributed by atoms with Gasteiger partial charge in [-0.1, -0.05) is 57.6 Å². The molecular formula is C16H30O4. The van der Waals surface area contributed by atoms with E-state index in [0.717, 1.165) is 44.9 Å². The molecule has 20 heavy (non-hydrogen) atoms. The van der Waals surface area contributed by atoms with Crippen LogP contribution in [0.2, 0.25) is 0 Å². The Kier molecular flexibility index (Phi) is 12.6. The highest BCUT2D eigenvalue weighted by Gasteiger charge is 2.03. The molecule has 2 atom stereocenters. The lowest BCUT2D eigenvalue weighted by molar-refractivity contribution is -0.137. The maximum Gasteiger partial charge on any atom is 0.303 e. The van der Waals surface area contributed by atoms with Crippen LogP contribution in [0.25, 0.3) is 0 Å². The normalized spacial score (nSPS) is 14.6. The Hall–Kier alpha value is -0.870. The molecule has 0 rings (SSSR count). The number of carbonyl (C=O) groups is 1. The SMILES string of the molecule is CCCCC[C@H](O)/C=C/[C@H](O)CCCCCCC(=O)O. The van der Waals surface area contributed by atoms with Gasteiger partial charge in [-0.25, -0.2) is 0 Å². The molecule has 0 aliphatic rings. The van der Waals surface area contributed by atoms with Crippen molar-refractivity contribution in [2.24, 2.45) is 0 Å². The number of hydrogen-bond donors (Lipinski definition) is 3. The maximum absolute atomic E-state index is 10.3. The van der Waals surface area contributed by atoms with E-state index in [0.29, 0.717) is 12.8 Å². The topological polar surface area (TPSA) is 77.8 Å². The van der Waals surface area contributed by atoms with Crippen molar-refractivity contribution in [3.8, 4) is 0 Å². The van der Waals surface area contributed by atoms with Gasteiger partial charge in [-0.2, -0.15) is 0 Å². The molecule has 0 aromatic rings. The summed E-state index contributed by atoms with van der Waals surface area (Å²) in [5.41, 5.74) is 0. The molecule has 0 aromatic carbocycles. The smallest absolute Gasteiger partial charge is 0.303 e. The van der Waals surface area contributed by atoms with E-state index in [-0.39, 0.29) is 6.42 Å². The van der Waals surface area contributed by atoms with Crippen LogP contribution in [0.5, 0.6) is 0 Å². The van der Waals surface area contributed by atoms with Crippen LogP contribution < -0.4 is 0 Å². The van der Waals surface area contributed by atoms with Crippen molar-refractivity contribution in [1.29, 1.82) is 0 Å². The molecule has 0 bridgehead atoms. The van der Waals surface area contributed by atoms with Crippen molar-refractivity contribution in [3.05, 3.63) is 12.2 Å². The Balaban J connectivity index is 3.51. The zero-order valence-electron chi connectivity index (χ0n) is 12.6. The molecule has 4 nitrogen and oxygen atoms in total. The molecule has 0 fully saturated rings. The summed E-state index contributed by atoms with van der Waals surface area (Å²) in [4.78, 5) is 10.3. The van der Waals surface area contributed by atoms with Crippen LogP contribution in [0.1, 0.15) is 71.1 Å². The van der Waals surface area contributed by atoms with Crippen molar-refractivity contribution >= 4 is 5.97 Å². The number of aliphatic carboxylic acids is 1. The number of carboxylic acid groups (broad SMARTS) is 1. The van der Waals surface area contributed by atoms with E-state index >= 15 is 0 Å². The van der Waals surface area contributed by atoms with Crippen molar-refractivity contribution in [2.75, 3.05) is 0 Å². The van der Waals surface area contributed by atoms with E-state index in [9.17, 15) is 15.0 Å². The third kappa shape index (κ3) is 13.6. The summed E-state index contributed by atoms with van der Waals surface area (Å²) in [6.45, 7) is 2.13. The van der Waals surface area contributed by atoms with Gasteiger partial charge in [0.2, 0.25) is 0 Å². The van der Waals surface area contributed by atoms with Gasteiger partial charge in [0.15, 0.2) is 0 Å². The minimum atomic E-state index is -0.745. The van der Waals surface area contributed by atoms with Crippen LogP contribution in [-0.2, 0) is 4.79 Å². The summed E-state index contributed by atoms with van der Waals surface area (Å²) in [7, 11) is 0. The number of aliphatic hydroxyl groups is 2. The fraction of sp³-hybridized carbons (Fsp3) is 0.812. The molecular weight excluding hydrogens is 256 g/mol. The van der Waals surface area contributed by atoms with E-state index in [1.165, 1.54) is 0 Å². The van der Waals surface area contributed by atoms with Gasteiger partial charge in [0.1, 0.15) is 0 Å². The first-order chi connectivity index (χ1) is 9.56. The number of hydrogen-bond acceptors (Lipinski definition) is 3. The second-order valence-corrected chi connectivity index (χ2v) is 5.36. The highest BCUT2D eigenvalue weighted by atomic mass is 16.4. The molecule has 0 aromatic heterocycles. The first-order valence-corrected chi connectivity index (χ1v) is 7.82. The molecule has 3 N–H and O–H groups in total. The minimum absolute atomic E-state index is 0.229. The Bertz CT molecular complexity index is 263. The third-order valence-electron chi connectivity index (χ3n) is 3.30. The number of rotatable bonds is 13. The van der Waals surface area contributed by atoms with Crippen LogP contribution in [0, 0.1) is 0 Å². The van der Waals surface area contributed by atoms with Crippen LogP contribution in [-0.4, -0.2) is 33.5 Å². The van der Waals surface area contributed by atoms with Crippen molar-refractivity contribution in [3.63, 3.8) is 0 Å². The van der Waals surface area contributed by atoms with Gasteiger partial charge in [-0.3, -0.25) is 4.79 Å². The van der Waals surface area contributed by atoms with Gasteiger partial charge in [0.25, 0.3) is 0 Å². The minimum Gasteiger partial charge on any atom is -0.481 e. The highest BCUT2D eigenvalue weighted by Crippen LogP contribution is 2.09. The van der Waals surface area contributed by atoms with Gasteiger partial charge >= 0.3 is 5.97 Å². The fourth-order valence-corrected chi connectivity index (χ4v) is 2.04. The summed E-state index contributed by atoms with van der Waals surface area (Å²) in [5.74, 6) is -0.745.